The second-order valence-electron chi connectivity index (χ2n) is 4.36. The minimum Gasteiger partial charge on any atom is -0.423 e. The Morgan fingerprint density at radius 1 is 1.20 bits per heavy atom. The van der Waals surface area contributed by atoms with Crippen molar-refractivity contribution in [2.75, 3.05) is 0 Å². The monoisotopic (exact) mass is 263 g/mol. The SMILES string of the molecule is C=C(C)C(=O)Oc1ccccc1-c1cccc(C#N)c1. The van der Waals surface area contributed by atoms with Gasteiger partial charge in [-0.2, -0.15) is 5.26 Å². The molecule has 0 aliphatic rings. The van der Waals surface area contributed by atoms with Crippen molar-refractivity contribution in [2.45, 2.75) is 6.92 Å². The zero-order valence-corrected chi connectivity index (χ0v) is 11.1. The third kappa shape index (κ3) is 2.93. The number of para-hydroxylation sites is 1. The van der Waals surface area contributed by atoms with Crippen molar-refractivity contribution in [3.8, 4) is 22.9 Å². The highest BCUT2D eigenvalue weighted by molar-refractivity contribution is 5.90. The summed E-state index contributed by atoms with van der Waals surface area (Å²) in [5.74, 6) is -0.00974. The van der Waals surface area contributed by atoms with Crippen molar-refractivity contribution in [1.82, 2.24) is 0 Å². The van der Waals surface area contributed by atoms with Crippen molar-refractivity contribution >= 4 is 5.97 Å². The van der Waals surface area contributed by atoms with Crippen LogP contribution in [0.5, 0.6) is 5.75 Å². The summed E-state index contributed by atoms with van der Waals surface area (Å²) in [7, 11) is 0. The normalized spacial score (nSPS) is 9.60. The van der Waals surface area contributed by atoms with E-state index in [1.54, 1.807) is 37.3 Å². The molecular formula is C17H13NO2. The van der Waals surface area contributed by atoms with Crippen LogP contribution in [0.1, 0.15) is 12.5 Å². The topological polar surface area (TPSA) is 50.1 Å². The Kier molecular flexibility index (Phi) is 3.97. The van der Waals surface area contributed by atoms with Gasteiger partial charge in [0.1, 0.15) is 5.75 Å². The maximum Gasteiger partial charge on any atom is 0.338 e. The molecule has 0 N–H and O–H groups in total. The zero-order chi connectivity index (χ0) is 14.5. The van der Waals surface area contributed by atoms with Crippen molar-refractivity contribution < 1.29 is 9.53 Å². The van der Waals surface area contributed by atoms with Gasteiger partial charge in [0.25, 0.3) is 0 Å². The first kappa shape index (κ1) is 13.6. The van der Waals surface area contributed by atoms with Gasteiger partial charge in [-0.1, -0.05) is 36.9 Å². The number of carbonyl (C=O) groups is 1. The fraction of sp³-hybridized carbons (Fsp3) is 0.0588. The first-order valence-electron chi connectivity index (χ1n) is 6.09. The molecule has 3 nitrogen and oxygen atoms in total. The van der Waals surface area contributed by atoms with Gasteiger partial charge in [0.2, 0.25) is 0 Å². The van der Waals surface area contributed by atoms with E-state index in [9.17, 15) is 4.79 Å². The summed E-state index contributed by atoms with van der Waals surface area (Å²) in [5, 5.41) is 8.95. The number of hydrogen-bond acceptors (Lipinski definition) is 3. The standard InChI is InChI=1S/C17H13NO2/c1-12(2)17(19)20-16-9-4-3-8-15(16)14-7-5-6-13(10-14)11-18/h3-10H,1H2,2H3. The predicted octanol–water partition coefficient (Wildman–Crippen LogP) is 3.71. The van der Waals surface area contributed by atoms with Gasteiger partial charge in [-0.15, -0.1) is 0 Å². The fourth-order valence-electron chi connectivity index (χ4n) is 1.74. The van der Waals surface area contributed by atoms with Crippen LogP contribution in [0.2, 0.25) is 0 Å². The van der Waals surface area contributed by atoms with Crippen LogP contribution in [0.4, 0.5) is 0 Å². The van der Waals surface area contributed by atoms with Crippen molar-refractivity contribution in [1.29, 1.82) is 5.26 Å². The predicted molar refractivity (Wildman–Crippen MR) is 77.0 cm³/mol. The number of benzene rings is 2. The largest absolute Gasteiger partial charge is 0.423 e. The van der Waals surface area contributed by atoms with E-state index in [0.717, 1.165) is 11.1 Å². The fourth-order valence-corrected chi connectivity index (χ4v) is 1.74. The molecule has 0 atom stereocenters. The highest BCUT2D eigenvalue weighted by Gasteiger charge is 2.11. The van der Waals surface area contributed by atoms with Crippen LogP contribution >= 0.6 is 0 Å². The van der Waals surface area contributed by atoms with Crippen molar-refractivity contribution in [3.63, 3.8) is 0 Å². The van der Waals surface area contributed by atoms with Gasteiger partial charge in [-0.3, -0.25) is 0 Å². The number of nitrogens with zero attached hydrogens (tertiary/aromatic N) is 1. The smallest absolute Gasteiger partial charge is 0.338 e. The molecule has 0 heterocycles. The molecule has 0 amide bonds. The van der Waals surface area contributed by atoms with Gasteiger partial charge in [0.15, 0.2) is 0 Å². The summed E-state index contributed by atoms with van der Waals surface area (Å²) < 4.78 is 5.31. The lowest BCUT2D eigenvalue weighted by Crippen LogP contribution is -2.08. The average molecular weight is 263 g/mol. The Labute approximate surface area is 117 Å². The lowest BCUT2D eigenvalue weighted by molar-refractivity contribution is -0.130. The summed E-state index contributed by atoms with van der Waals surface area (Å²) in [5.41, 5.74) is 2.49. The van der Waals surface area contributed by atoms with Crippen LogP contribution < -0.4 is 4.74 Å². The van der Waals surface area contributed by atoms with Crippen molar-refractivity contribution in [3.05, 3.63) is 66.2 Å². The highest BCUT2D eigenvalue weighted by atomic mass is 16.5. The average Bonchev–Trinajstić information content (AvgIpc) is 2.47. The second-order valence-corrected chi connectivity index (χ2v) is 4.36. The van der Waals surface area contributed by atoms with E-state index in [4.69, 9.17) is 10.00 Å². The minimum atomic E-state index is -0.464. The highest BCUT2D eigenvalue weighted by Crippen LogP contribution is 2.30. The zero-order valence-electron chi connectivity index (χ0n) is 11.1. The molecule has 98 valence electrons. The van der Waals surface area contributed by atoms with E-state index < -0.39 is 5.97 Å². The molecule has 3 heteroatoms. The molecule has 0 aliphatic carbocycles. The van der Waals surface area contributed by atoms with E-state index in [2.05, 4.69) is 12.6 Å². The summed E-state index contributed by atoms with van der Waals surface area (Å²) in [6.07, 6.45) is 0. The number of rotatable bonds is 3. The number of esters is 1. The molecule has 2 rings (SSSR count). The summed E-state index contributed by atoms with van der Waals surface area (Å²) in [6, 6.07) is 16.5. The second kappa shape index (κ2) is 5.85. The van der Waals surface area contributed by atoms with Crippen LogP contribution in [-0.2, 0) is 4.79 Å². The van der Waals surface area contributed by atoms with E-state index in [1.807, 2.05) is 18.2 Å². The van der Waals surface area contributed by atoms with Gasteiger partial charge >= 0.3 is 5.97 Å². The molecule has 20 heavy (non-hydrogen) atoms. The van der Waals surface area contributed by atoms with Crippen molar-refractivity contribution in [2.24, 2.45) is 0 Å². The molecule has 0 aromatic heterocycles. The van der Waals surface area contributed by atoms with Gasteiger partial charge < -0.3 is 4.74 Å². The maximum atomic E-state index is 11.6. The Balaban J connectivity index is 2.44. The van der Waals surface area contributed by atoms with E-state index in [1.165, 1.54) is 0 Å². The maximum absolute atomic E-state index is 11.6. The molecule has 0 saturated carbocycles. The molecule has 0 saturated heterocycles. The van der Waals surface area contributed by atoms with E-state index >= 15 is 0 Å². The molecule has 0 radical (unpaired) electrons. The Morgan fingerprint density at radius 2 is 1.95 bits per heavy atom. The molecular weight excluding hydrogens is 250 g/mol. The Bertz CT molecular complexity index is 711. The third-order valence-corrected chi connectivity index (χ3v) is 2.74. The number of hydrogen-bond donors (Lipinski definition) is 0. The summed E-state index contributed by atoms with van der Waals surface area (Å²) in [6.45, 7) is 5.16. The Morgan fingerprint density at radius 3 is 2.65 bits per heavy atom. The molecule has 0 unspecified atom stereocenters. The van der Waals surface area contributed by atoms with Gasteiger partial charge in [-0.05, 0) is 30.7 Å². The molecule has 2 aromatic rings. The molecule has 0 aliphatic heterocycles. The molecule has 0 fully saturated rings. The summed E-state index contributed by atoms with van der Waals surface area (Å²) in [4.78, 5) is 11.6. The van der Waals surface area contributed by atoms with Crippen LogP contribution in [0.25, 0.3) is 11.1 Å². The van der Waals surface area contributed by atoms with Gasteiger partial charge in [-0.25, -0.2) is 4.79 Å². The van der Waals surface area contributed by atoms with Gasteiger partial charge in [0, 0.05) is 11.1 Å². The molecule has 0 spiro atoms. The first-order chi connectivity index (χ1) is 9.61. The summed E-state index contributed by atoms with van der Waals surface area (Å²) >= 11 is 0. The lowest BCUT2D eigenvalue weighted by Gasteiger charge is -2.10. The number of ether oxygens (including phenoxy) is 1. The minimum absolute atomic E-state index is 0.338. The third-order valence-electron chi connectivity index (χ3n) is 2.74. The number of carbonyl (C=O) groups excluding carboxylic acids is 1. The number of nitriles is 1. The lowest BCUT2D eigenvalue weighted by atomic mass is 10.0. The van der Waals surface area contributed by atoms with E-state index in [-0.39, 0.29) is 0 Å². The van der Waals surface area contributed by atoms with Gasteiger partial charge in [0.05, 0.1) is 11.6 Å². The molecule has 2 aromatic carbocycles. The van der Waals surface area contributed by atoms with E-state index in [0.29, 0.717) is 16.9 Å². The van der Waals surface area contributed by atoms with Crippen LogP contribution in [0.15, 0.2) is 60.7 Å². The molecule has 0 bridgehead atoms. The van der Waals surface area contributed by atoms with Crippen LogP contribution in [-0.4, -0.2) is 5.97 Å². The quantitative estimate of drug-likeness (QED) is 0.482. The first-order valence-corrected chi connectivity index (χ1v) is 6.09. The Hall–Kier alpha value is -2.86. The van der Waals surface area contributed by atoms with Crippen LogP contribution in [0.3, 0.4) is 0 Å². The van der Waals surface area contributed by atoms with Crippen LogP contribution in [0, 0.1) is 11.3 Å².